The first-order valence-electron chi connectivity index (χ1n) is 9.98. The van der Waals surface area contributed by atoms with Crippen molar-refractivity contribution in [3.63, 3.8) is 0 Å². The van der Waals surface area contributed by atoms with E-state index >= 15 is 0 Å². The molecule has 0 bridgehead atoms. The maximum atomic E-state index is 12.1. The average molecular weight is 480 g/mol. The average Bonchev–Trinajstić information content (AvgIpc) is 2.80. The first-order valence-corrected chi connectivity index (χ1v) is 11.0. The van der Waals surface area contributed by atoms with Crippen LogP contribution in [-0.4, -0.2) is 42.1 Å². The Morgan fingerprint density at radius 1 is 0.970 bits per heavy atom. The fraction of sp³-hybridized carbons (Fsp3) is 0.318. The molecule has 0 radical (unpaired) electrons. The Bertz CT molecular complexity index is 932. The van der Waals surface area contributed by atoms with Crippen LogP contribution in [0, 0.1) is 10.1 Å². The van der Waals surface area contributed by atoms with E-state index in [-0.39, 0.29) is 23.5 Å². The molecule has 2 rings (SSSR count). The number of para-hydroxylation sites is 1. The van der Waals surface area contributed by atoms with Crippen LogP contribution < -0.4 is 4.74 Å². The summed E-state index contributed by atoms with van der Waals surface area (Å²) in [5.41, 5.74) is 0.288. The molecule has 0 spiro atoms. The molecule has 0 aliphatic heterocycles. The number of ether oxygens (including phenoxy) is 3. The highest BCUT2D eigenvalue weighted by molar-refractivity contribution is 7.99. The minimum Gasteiger partial charge on any atom is -0.426 e. The van der Waals surface area contributed by atoms with Gasteiger partial charge in [-0.25, -0.2) is 9.59 Å². The summed E-state index contributed by atoms with van der Waals surface area (Å²) < 4.78 is 14.8. The van der Waals surface area contributed by atoms with Gasteiger partial charge >= 0.3 is 17.9 Å². The molecule has 2 aromatic rings. The Balaban J connectivity index is 0.00000265. The highest BCUT2D eigenvalue weighted by Crippen LogP contribution is 2.20. The smallest absolute Gasteiger partial charge is 0.344 e. The summed E-state index contributed by atoms with van der Waals surface area (Å²) in [4.78, 5) is 50.5. The Kier molecular flexibility index (Phi) is 12.7. The van der Waals surface area contributed by atoms with Gasteiger partial charge in [0.25, 0.3) is 5.09 Å². The lowest BCUT2D eigenvalue weighted by Gasteiger charge is -2.09. The topological polar surface area (TPSA) is 131 Å². The van der Waals surface area contributed by atoms with Crippen LogP contribution in [0.15, 0.2) is 53.4 Å². The monoisotopic (exact) mass is 479 g/mol. The van der Waals surface area contributed by atoms with Crippen molar-refractivity contribution in [3.05, 3.63) is 69.8 Å². The first-order chi connectivity index (χ1) is 15.9. The van der Waals surface area contributed by atoms with Gasteiger partial charge in [-0.15, -0.1) is 21.9 Å². The van der Waals surface area contributed by atoms with E-state index in [2.05, 4.69) is 4.84 Å². The van der Waals surface area contributed by atoms with Crippen molar-refractivity contribution in [1.82, 2.24) is 0 Å². The molecule has 0 aliphatic carbocycles. The fourth-order valence-corrected chi connectivity index (χ4v) is 3.08. The molecule has 0 saturated carbocycles. The summed E-state index contributed by atoms with van der Waals surface area (Å²) in [5, 5.41) is 9.23. The standard InChI is InChI=1S/C20H19NO9S.C2H6/c1-14(22)30-18-6-3-2-5-17(18)20(24)28-13-27-19(23)15-7-9-16(10-8-15)31-12-4-11-29-21(25)26;1-2/h2-3,5-10H,4,11-13H2,1H3;1-2H3. The number of carbonyl (C=O) groups is 3. The zero-order valence-electron chi connectivity index (χ0n) is 18.5. The number of nitrogens with zero attached hydrogens (tertiary/aromatic N) is 1. The van der Waals surface area contributed by atoms with E-state index < -0.39 is 29.8 Å². The second-order valence-corrected chi connectivity index (χ2v) is 7.02. The number of carbonyl (C=O) groups excluding carboxylic acids is 3. The Hall–Kier alpha value is -3.60. The largest absolute Gasteiger partial charge is 0.426 e. The molecule has 0 amide bonds. The maximum Gasteiger partial charge on any atom is 0.344 e. The third kappa shape index (κ3) is 10.5. The van der Waals surface area contributed by atoms with Gasteiger partial charge in [-0.2, -0.15) is 0 Å². The molecule has 10 nitrogen and oxygen atoms in total. The molecule has 178 valence electrons. The summed E-state index contributed by atoms with van der Waals surface area (Å²) in [6.07, 6.45) is 0.501. The van der Waals surface area contributed by atoms with Crippen molar-refractivity contribution in [3.8, 4) is 5.75 Å². The van der Waals surface area contributed by atoms with E-state index in [0.717, 1.165) is 4.90 Å². The van der Waals surface area contributed by atoms with E-state index in [1.165, 1.54) is 30.8 Å². The molecule has 0 heterocycles. The summed E-state index contributed by atoms with van der Waals surface area (Å²) in [5.74, 6) is -1.42. The lowest BCUT2D eigenvalue weighted by atomic mass is 10.2. The number of benzene rings is 2. The summed E-state index contributed by atoms with van der Waals surface area (Å²) >= 11 is 1.46. The predicted molar refractivity (Wildman–Crippen MR) is 120 cm³/mol. The molecule has 0 aromatic heterocycles. The summed E-state index contributed by atoms with van der Waals surface area (Å²) in [7, 11) is 0. The second kappa shape index (κ2) is 15.2. The van der Waals surface area contributed by atoms with Crippen LogP contribution in [0.5, 0.6) is 5.75 Å². The fourth-order valence-electron chi connectivity index (χ4n) is 2.25. The van der Waals surface area contributed by atoms with Crippen LogP contribution in [0.25, 0.3) is 0 Å². The van der Waals surface area contributed by atoms with Crippen LogP contribution >= 0.6 is 11.8 Å². The maximum absolute atomic E-state index is 12.1. The molecule has 0 fully saturated rings. The van der Waals surface area contributed by atoms with Crippen LogP contribution in [0.1, 0.15) is 47.9 Å². The van der Waals surface area contributed by atoms with Gasteiger partial charge in [0.15, 0.2) is 0 Å². The van der Waals surface area contributed by atoms with Crippen LogP contribution in [0.4, 0.5) is 0 Å². The first kappa shape index (κ1) is 27.4. The van der Waals surface area contributed by atoms with Gasteiger partial charge in [-0.05, 0) is 48.6 Å². The molecular formula is C22H25NO9S. The quantitative estimate of drug-likeness (QED) is 0.0874. The lowest BCUT2D eigenvalue weighted by Crippen LogP contribution is -2.14. The van der Waals surface area contributed by atoms with E-state index in [0.29, 0.717) is 12.2 Å². The van der Waals surface area contributed by atoms with E-state index in [1.807, 2.05) is 13.8 Å². The second-order valence-electron chi connectivity index (χ2n) is 5.85. The van der Waals surface area contributed by atoms with Crippen molar-refractivity contribution in [2.45, 2.75) is 32.1 Å². The number of hydrogen-bond donors (Lipinski definition) is 0. The molecule has 0 aliphatic rings. The van der Waals surface area contributed by atoms with Gasteiger partial charge in [0, 0.05) is 11.8 Å². The molecule has 2 aromatic carbocycles. The van der Waals surface area contributed by atoms with Gasteiger partial charge in [-0.1, -0.05) is 26.0 Å². The third-order valence-corrected chi connectivity index (χ3v) is 4.68. The molecule has 11 heteroatoms. The predicted octanol–water partition coefficient (Wildman–Crippen LogP) is 4.30. The number of rotatable bonds is 11. The third-order valence-electron chi connectivity index (χ3n) is 3.58. The highest BCUT2D eigenvalue weighted by Gasteiger charge is 2.16. The van der Waals surface area contributed by atoms with Crippen molar-refractivity contribution in [2.24, 2.45) is 0 Å². The van der Waals surface area contributed by atoms with Gasteiger partial charge in [-0.3, -0.25) is 4.79 Å². The van der Waals surface area contributed by atoms with Gasteiger partial charge in [0.05, 0.1) is 12.2 Å². The summed E-state index contributed by atoms with van der Waals surface area (Å²) in [6, 6.07) is 12.5. The van der Waals surface area contributed by atoms with E-state index in [4.69, 9.17) is 14.2 Å². The summed E-state index contributed by atoms with van der Waals surface area (Å²) in [6.45, 7) is 4.62. The number of hydrogen-bond acceptors (Lipinski definition) is 10. The zero-order valence-corrected chi connectivity index (χ0v) is 19.3. The normalized spacial score (nSPS) is 9.67. The zero-order chi connectivity index (χ0) is 24.6. The van der Waals surface area contributed by atoms with E-state index in [1.54, 1.807) is 36.4 Å². The van der Waals surface area contributed by atoms with Crippen molar-refractivity contribution < 1.29 is 38.5 Å². The van der Waals surface area contributed by atoms with Gasteiger partial charge < -0.3 is 19.0 Å². The molecule has 0 saturated heterocycles. The molecular weight excluding hydrogens is 454 g/mol. The Morgan fingerprint density at radius 3 is 2.24 bits per heavy atom. The molecule has 0 unspecified atom stereocenters. The number of esters is 3. The molecule has 0 N–H and O–H groups in total. The van der Waals surface area contributed by atoms with Crippen LogP contribution in [0.2, 0.25) is 0 Å². The van der Waals surface area contributed by atoms with Gasteiger partial charge in [0.2, 0.25) is 6.79 Å². The van der Waals surface area contributed by atoms with Crippen molar-refractivity contribution in [1.29, 1.82) is 0 Å². The SMILES string of the molecule is CC.CC(=O)Oc1ccccc1C(=O)OCOC(=O)c1ccc(SCCCO[N+](=O)[O-])cc1. The molecule has 0 atom stereocenters. The lowest BCUT2D eigenvalue weighted by molar-refractivity contribution is -0.757. The Labute approximate surface area is 195 Å². The minimum atomic E-state index is -0.832. The van der Waals surface area contributed by atoms with Crippen LogP contribution in [0.3, 0.4) is 0 Å². The molecule has 33 heavy (non-hydrogen) atoms. The van der Waals surface area contributed by atoms with E-state index in [9.17, 15) is 24.5 Å². The van der Waals surface area contributed by atoms with Gasteiger partial charge in [0.1, 0.15) is 11.3 Å². The highest BCUT2D eigenvalue weighted by atomic mass is 32.2. The van der Waals surface area contributed by atoms with Crippen LogP contribution in [-0.2, 0) is 19.1 Å². The Morgan fingerprint density at radius 2 is 1.61 bits per heavy atom. The van der Waals surface area contributed by atoms with Crippen molar-refractivity contribution in [2.75, 3.05) is 19.2 Å². The number of thioether (sulfide) groups is 1. The minimum absolute atomic E-state index is 0.0223. The van der Waals surface area contributed by atoms with Crippen molar-refractivity contribution >= 4 is 29.7 Å².